The first-order valence-corrected chi connectivity index (χ1v) is 6.19. The Hall–Kier alpha value is -1.22. The molecule has 0 aromatic rings. The van der Waals surface area contributed by atoms with Gasteiger partial charge < -0.3 is 16.4 Å². The Morgan fingerprint density at radius 1 is 1.12 bits per heavy atom. The lowest BCUT2D eigenvalue weighted by Gasteiger charge is -2.19. The van der Waals surface area contributed by atoms with Gasteiger partial charge in [0, 0.05) is 6.20 Å². The number of nitrogens with two attached hydrogens (primary N) is 1. The van der Waals surface area contributed by atoms with Crippen LogP contribution in [0.4, 0.5) is 0 Å². The largest absolute Gasteiger partial charge is 0.368 e. The van der Waals surface area contributed by atoms with Crippen molar-refractivity contribution in [1.82, 2.24) is 10.6 Å². The molecule has 1 atom stereocenters. The molecule has 3 nitrogen and oxygen atoms in total. The van der Waals surface area contributed by atoms with Crippen LogP contribution in [0.3, 0.4) is 0 Å². The van der Waals surface area contributed by atoms with E-state index in [0.717, 1.165) is 13.0 Å². The van der Waals surface area contributed by atoms with Crippen LogP contribution < -0.4 is 16.4 Å². The van der Waals surface area contributed by atoms with Gasteiger partial charge in [-0.05, 0) is 49.2 Å². The molecule has 16 heavy (non-hydrogen) atoms. The van der Waals surface area contributed by atoms with E-state index in [-0.39, 0.29) is 0 Å². The third kappa shape index (κ3) is 2.89. The molecule has 0 aromatic heterocycles. The molecular formula is C13H21N3. The molecule has 4 N–H and O–H groups in total. The molecule has 0 fully saturated rings. The fourth-order valence-corrected chi connectivity index (χ4v) is 2.13. The Balaban J connectivity index is 1.71. The van der Waals surface area contributed by atoms with Crippen molar-refractivity contribution >= 4 is 0 Å². The topological polar surface area (TPSA) is 50.1 Å². The van der Waals surface area contributed by atoms with Crippen LogP contribution in [0.2, 0.25) is 0 Å². The van der Waals surface area contributed by atoms with Crippen molar-refractivity contribution in [1.29, 1.82) is 0 Å². The van der Waals surface area contributed by atoms with E-state index in [4.69, 9.17) is 5.73 Å². The molecule has 2 heterocycles. The lowest BCUT2D eigenvalue weighted by Crippen LogP contribution is -2.36. The maximum atomic E-state index is 5.47. The quantitative estimate of drug-likeness (QED) is 0.597. The average molecular weight is 219 g/mol. The molecule has 2 aliphatic heterocycles. The summed E-state index contributed by atoms with van der Waals surface area (Å²) in [6, 6.07) is 0. The van der Waals surface area contributed by atoms with E-state index in [0.29, 0.717) is 6.17 Å². The first-order chi connectivity index (χ1) is 7.90. The van der Waals surface area contributed by atoms with Crippen molar-refractivity contribution in [3.63, 3.8) is 0 Å². The van der Waals surface area contributed by atoms with Gasteiger partial charge in [-0.3, -0.25) is 0 Å². The minimum absolute atomic E-state index is 0.306. The predicted molar refractivity (Wildman–Crippen MR) is 67.5 cm³/mol. The van der Waals surface area contributed by atoms with Crippen LogP contribution in [0, 0.1) is 0 Å². The molecular weight excluding hydrogens is 198 g/mol. The van der Waals surface area contributed by atoms with Gasteiger partial charge in [-0.25, -0.2) is 0 Å². The molecule has 0 saturated carbocycles. The van der Waals surface area contributed by atoms with E-state index in [1.54, 1.807) is 0 Å². The molecule has 0 aromatic carbocycles. The molecule has 1 unspecified atom stereocenters. The number of hydrogen-bond acceptors (Lipinski definition) is 3. The summed E-state index contributed by atoms with van der Waals surface area (Å²) in [7, 11) is 0. The van der Waals surface area contributed by atoms with Crippen LogP contribution in [0.15, 0.2) is 35.7 Å². The summed E-state index contributed by atoms with van der Waals surface area (Å²) in [5, 5.41) is 6.60. The second-order valence-electron chi connectivity index (χ2n) is 4.42. The summed E-state index contributed by atoms with van der Waals surface area (Å²) in [6.07, 6.45) is 15.0. The highest BCUT2D eigenvalue weighted by molar-refractivity contribution is 5.40. The molecule has 0 aliphatic carbocycles. The first kappa shape index (κ1) is 11.3. The molecule has 0 bridgehead atoms. The van der Waals surface area contributed by atoms with Gasteiger partial charge in [0.15, 0.2) is 0 Å². The first-order valence-electron chi connectivity index (χ1n) is 6.19. The molecule has 88 valence electrons. The molecule has 2 rings (SSSR count). The highest BCUT2D eigenvalue weighted by atomic mass is 15.1. The number of fused-ring (bicyclic) bond motifs is 1. The second kappa shape index (κ2) is 5.75. The van der Waals surface area contributed by atoms with E-state index in [1.807, 2.05) is 6.20 Å². The number of dihydropyridines is 1. The Labute approximate surface area is 97.5 Å². The van der Waals surface area contributed by atoms with E-state index in [2.05, 4.69) is 29.0 Å². The lowest BCUT2D eigenvalue weighted by molar-refractivity contribution is 0.614. The monoisotopic (exact) mass is 219 g/mol. The van der Waals surface area contributed by atoms with Gasteiger partial charge in [0.2, 0.25) is 0 Å². The molecule has 0 spiro atoms. The van der Waals surface area contributed by atoms with Gasteiger partial charge >= 0.3 is 0 Å². The summed E-state index contributed by atoms with van der Waals surface area (Å²) in [5.74, 6) is 0. The summed E-state index contributed by atoms with van der Waals surface area (Å²) in [6.45, 7) is 0.826. The van der Waals surface area contributed by atoms with Crippen LogP contribution in [-0.2, 0) is 0 Å². The molecule has 2 aliphatic rings. The smallest absolute Gasteiger partial charge is 0.122 e. The maximum absolute atomic E-state index is 5.47. The Morgan fingerprint density at radius 2 is 2.00 bits per heavy atom. The van der Waals surface area contributed by atoms with E-state index < -0.39 is 0 Å². The molecule has 3 heteroatoms. The van der Waals surface area contributed by atoms with E-state index >= 15 is 0 Å². The van der Waals surface area contributed by atoms with E-state index in [1.165, 1.54) is 36.8 Å². The fraction of sp³-hybridized carbons (Fsp3) is 0.538. The lowest BCUT2D eigenvalue weighted by atomic mass is 10.0. The van der Waals surface area contributed by atoms with Crippen LogP contribution in [0.25, 0.3) is 0 Å². The highest BCUT2D eigenvalue weighted by Crippen LogP contribution is 2.20. The Bertz CT molecular complexity index is 315. The zero-order valence-electron chi connectivity index (χ0n) is 9.71. The van der Waals surface area contributed by atoms with Crippen molar-refractivity contribution in [2.75, 3.05) is 6.54 Å². The van der Waals surface area contributed by atoms with Gasteiger partial charge in [-0.2, -0.15) is 0 Å². The van der Waals surface area contributed by atoms with Crippen molar-refractivity contribution in [2.24, 2.45) is 5.73 Å². The fourth-order valence-electron chi connectivity index (χ4n) is 2.13. The predicted octanol–water partition coefficient (Wildman–Crippen LogP) is 1.75. The van der Waals surface area contributed by atoms with Gasteiger partial charge in [0.05, 0.1) is 0 Å². The highest BCUT2D eigenvalue weighted by Gasteiger charge is 2.17. The summed E-state index contributed by atoms with van der Waals surface area (Å²) in [5.41, 5.74) is 8.22. The van der Waals surface area contributed by atoms with Crippen molar-refractivity contribution in [2.45, 2.75) is 38.3 Å². The summed E-state index contributed by atoms with van der Waals surface area (Å²) >= 11 is 0. The molecule has 0 radical (unpaired) electrons. The minimum Gasteiger partial charge on any atom is -0.368 e. The van der Waals surface area contributed by atoms with Crippen molar-refractivity contribution in [3.8, 4) is 0 Å². The maximum Gasteiger partial charge on any atom is 0.122 e. The summed E-state index contributed by atoms with van der Waals surface area (Å²) in [4.78, 5) is 0. The van der Waals surface area contributed by atoms with Crippen LogP contribution in [0.5, 0.6) is 0 Å². The number of allylic oxidation sites excluding steroid dienone is 2. The van der Waals surface area contributed by atoms with Gasteiger partial charge in [-0.15, -0.1) is 0 Å². The molecule has 0 saturated heterocycles. The van der Waals surface area contributed by atoms with E-state index in [9.17, 15) is 0 Å². The third-order valence-corrected chi connectivity index (χ3v) is 3.08. The van der Waals surface area contributed by atoms with Gasteiger partial charge in [0.25, 0.3) is 0 Å². The third-order valence-electron chi connectivity index (χ3n) is 3.08. The average Bonchev–Trinajstić information content (AvgIpc) is 2.76. The van der Waals surface area contributed by atoms with Crippen LogP contribution in [-0.4, -0.2) is 12.7 Å². The van der Waals surface area contributed by atoms with Gasteiger partial charge in [0.1, 0.15) is 6.17 Å². The summed E-state index contributed by atoms with van der Waals surface area (Å²) < 4.78 is 0. The van der Waals surface area contributed by atoms with Crippen LogP contribution in [0.1, 0.15) is 32.1 Å². The van der Waals surface area contributed by atoms with Gasteiger partial charge in [-0.1, -0.05) is 18.9 Å². The number of rotatable bonds is 6. The normalized spacial score (nSPS) is 21.9. The standard InChI is InChI=1S/C13H21N3/c14-7-4-2-1-3-5-11-9-12-6-8-15-13(12)16-10-11/h6,8-10,13,15-16H,1-5,7,14H2. The Kier molecular flexibility index (Phi) is 4.05. The number of nitrogens with one attached hydrogen (secondary N) is 2. The minimum atomic E-state index is 0.306. The van der Waals surface area contributed by atoms with Crippen molar-refractivity contribution in [3.05, 3.63) is 35.7 Å². The number of unbranched alkanes of at least 4 members (excludes halogenated alkanes) is 3. The number of hydrogen-bond donors (Lipinski definition) is 3. The Morgan fingerprint density at radius 3 is 2.88 bits per heavy atom. The second-order valence-corrected chi connectivity index (χ2v) is 4.42. The van der Waals surface area contributed by atoms with Crippen molar-refractivity contribution < 1.29 is 0 Å². The zero-order valence-corrected chi connectivity index (χ0v) is 9.71. The van der Waals surface area contributed by atoms with Crippen LogP contribution >= 0.6 is 0 Å². The zero-order chi connectivity index (χ0) is 11.2. The molecule has 0 amide bonds. The SMILES string of the molecule is NCCCCCCC1=CNC2NC=CC2=C1.